The van der Waals surface area contributed by atoms with Crippen molar-refractivity contribution in [3.05, 3.63) is 0 Å². The number of hydrogen-bond donors (Lipinski definition) is 2. The molecule has 0 aromatic heterocycles. The number of hydrogen-bond acceptors (Lipinski definition) is 3. The van der Waals surface area contributed by atoms with Crippen molar-refractivity contribution in [2.75, 3.05) is 26.4 Å². The van der Waals surface area contributed by atoms with Crippen LogP contribution >= 0.6 is 0 Å². The Morgan fingerprint density at radius 2 is 2.38 bits per heavy atom. The summed E-state index contributed by atoms with van der Waals surface area (Å²) in [5.74, 6) is 0. The number of nitrogens with one attached hydrogen (secondary N) is 1. The Bertz CT molecular complexity index is 35.4. The molecule has 0 fully saturated rings. The molecule has 0 aromatic carbocycles. The minimum absolute atomic E-state index is 0.603. The zero-order valence-corrected chi connectivity index (χ0v) is 5.31. The van der Waals surface area contributed by atoms with Gasteiger partial charge in [0.05, 0.1) is 13.3 Å². The minimum Gasteiger partial charge on any atom is -0.365 e. The van der Waals surface area contributed by atoms with E-state index in [9.17, 15) is 0 Å². The van der Waals surface area contributed by atoms with Crippen LogP contribution in [-0.4, -0.2) is 26.4 Å². The van der Waals surface area contributed by atoms with Crippen molar-refractivity contribution in [2.45, 2.75) is 6.92 Å². The highest BCUT2D eigenvalue weighted by Crippen LogP contribution is 1.64. The van der Waals surface area contributed by atoms with Crippen molar-refractivity contribution >= 4 is 0 Å². The van der Waals surface area contributed by atoms with Crippen LogP contribution in [0.3, 0.4) is 0 Å². The van der Waals surface area contributed by atoms with Gasteiger partial charge in [-0.05, 0) is 6.54 Å². The van der Waals surface area contributed by atoms with Gasteiger partial charge < -0.3 is 10.5 Å². The topological polar surface area (TPSA) is 47.3 Å². The van der Waals surface area contributed by atoms with Crippen LogP contribution in [0.4, 0.5) is 0 Å². The summed E-state index contributed by atoms with van der Waals surface area (Å²) in [6.45, 7) is 4.85. The van der Waals surface area contributed by atoms with Gasteiger partial charge in [-0.3, -0.25) is 5.32 Å². The van der Waals surface area contributed by atoms with Gasteiger partial charge in [0.15, 0.2) is 0 Å². The summed E-state index contributed by atoms with van der Waals surface area (Å²) in [5.41, 5.74) is 5.16. The summed E-state index contributed by atoms with van der Waals surface area (Å²) in [4.78, 5) is 0. The minimum atomic E-state index is 0.603. The van der Waals surface area contributed by atoms with Gasteiger partial charge in [0, 0.05) is 6.54 Å². The molecule has 0 saturated heterocycles. The first kappa shape index (κ1) is 7.88. The summed E-state index contributed by atoms with van der Waals surface area (Å²) < 4.78 is 4.99. The van der Waals surface area contributed by atoms with Gasteiger partial charge in [-0.1, -0.05) is 6.92 Å². The van der Waals surface area contributed by atoms with E-state index in [0.717, 1.165) is 6.54 Å². The van der Waals surface area contributed by atoms with Gasteiger partial charge in [0.25, 0.3) is 0 Å². The number of nitrogens with two attached hydrogens (primary N) is 1. The average molecular weight is 118 g/mol. The van der Waals surface area contributed by atoms with Gasteiger partial charge in [0.1, 0.15) is 0 Å². The second kappa shape index (κ2) is 6.88. The first-order valence-electron chi connectivity index (χ1n) is 2.90. The lowest BCUT2D eigenvalue weighted by Crippen LogP contribution is -2.19. The SMILES string of the molecule is CCNCOCCN. The third-order valence-corrected chi connectivity index (χ3v) is 0.716. The van der Waals surface area contributed by atoms with Crippen LogP contribution in [0.2, 0.25) is 0 Å². The molecule has 0 bridgehead atoms. The maximum absolute atomic E-state index is 5.16. The van der Waals surface area contributed by atoms with Gasteiger partial charge >= 0.3 is 0 Å². The standard InChI is InChI=1S/C5H14N2O/c1-2-7-5-8-4-3-6/h7H,2-6H2,1H3. The Labute approximate surface area is 50.2 Å². The summed E-state index contributed by atoms with van der Waals surface area (Å²) in [6.07, 6.45) is 0. The van der Waals surface area contributed by atoms with Crippen molar-refractivity contribution in [2.24, 2.45) is 5.73 Å². The van der Waals surface area contributed by atoms with Gasteiger partial charge in [0.2, 0.25) is 0 Å². The molecule has 0 atom stereocenters. The van der Waals surface area contributed by atoms with Crippen molar-refractivity contribution in [1.29, 1.82) is 0 Å². The highest BCUT2D eigenvalue weighted by Gasteiger charge is 1.79. The molecular weight excluding hydrogens is 104 g/mol. The van der Waals surface area contributed by atoms with Crippen LogP contribution < -0.4 is 11.1 Å². The Morgan fingerprint density at radius 1 is 1.62 bits per heavy atom. The molecule has 0 saturated carbocycles. The quantitative estimate of drug-likeness (QED) is 0.379. The predicted molar refractivity (Wildman–Crippen MR) is 33.6 cm³/mol. The van der Waals surface area contributed by atoms with Crippen LogP contribution in [0.1, 0.15) is 6.92 Å². The predicted octanol–water partition coefficient (Wildman–Crippen LogP) is -0.471. The normalized spacial score (nSPS) is 9.75. The Hall–Kier alpha value is -0.120. The lowest BCUT2D eigenvalue weighted by atomic mass is 10.7. The summed E-state index contributed by atoms with van der Waals surface area (Å²) >= 11 is 0. The molecule has 0 amide bonds. The van der Waals surface area contributed by atoms with Crippen LogP contribution in [0, 0.1) is 0 Å². The second-order valence-electron chi connectivity index (χ2n) is 1.44. The zero-order chi connectivity index (χ0) is 6.24. The Kier molecular flexibility index (Phi) is 6.78. The fourth-order valence-electron chi connectivity index (χ4n) is 0.330. The lowest BCUT2D eigenvalue weighted by molar-refractivity contribution is 0.125. The van der Waals surface area contributed by atoms with E-state index >= 15 is 0 Å². The van der Waals surface area contributed by atoms with E-state index in [2.05, 4.69) is 5.32 Å². The van der Waals surface area contributed by atoms with Crippen molar-refractivity contribution < 1.29 is 4.74 Å². The molecule has 0 radical (unpaired) electrons. The summed E-state index contributed by atoms with van der Waals surface area (Å²) in [5, 5.41) is 3.01. The van der Waals surface area contributed by atoms with Gasteiger partial charge in [-0.15, -0.1) is 0 Å². The molecule has 0 heterocycles. The van der Waals surface area contributed by atoms with Crippen molar-refractivity contribution in [3.8, 4) is 0 Å². The summed E-state index contributed by atoms with van der Waals surface area (Å²) in [6, 6.07) is 0. The smallest absolute Gasteiger partial charge is 0.0965 e. The molecule has 0 rings (SSSR count). The average Bonchev–Trinajstić information content (AvgIpc) is 1.81. The molecule has 50 valence electrons. The highest BCUT2D eigenvalue weighted by molar-refractivity contribution is 4.30. The maximum atomic E-state index is 5.16. The van der Waals surface area contributed by atoms with Crippen molar-refractivity contribution in [1.82, 2.24) is 5.32 Å². The van der Waals surface area contributed by atoms with Crippen LogP contribution in [0.15, 0.2) is 0 Å². The van der Waals surface area contributed by atoms with Crippen LogP contribution in [0.5, 0.6) is 0 Å². The molecule has 3 N–H and O–H groups in total. The maximum Gasteiger partial charge on any atom is 0.0965 e. The van der Waals surface area contributed by atoms with Gasteiger partial charge in [-0.25, -0.2) is 0 Å². The highest BCUT2D eigenvalue weighted by atomic mass is 16.5. The number of ether oxygens (including phenoxy) is 1. The van der Waals surface area contributed by atoms with E-state index in [1.54, 1.807) is 0 Å². The molecule has 0 aliphatic carbocycles. The molecule has 8 heavy (non-hydrogen) atoms. The third-order valence-electron chi connectivity index (χ3n) is 0.716. The van der Waals surface area contributed by atoms with E-state index in [0.29, 0.717) is 19.9 Å². The molecule has 3 nitrogen and oxygen atoms in total. The fourth-order valence-corrected chi connectivity index (χ4v) is 0.330. The van der Waals surface area contributed by atoms with Crippen molar-refractivity contribution in [3.63, 3.8) is 0 Å². The van der Waals surface area contributed by atoms with E-state index in [1.807, 2.05) is 6.92 Å². The molecule has 3 heteroatoms. The molecule has 0 spiro atoms. The van der Waals surface area contributed by atoms with Crippen LogP contribution in [0.25, 0.3) is 0 Å². The second-order valence-corrected chi connectivity index (χ2v) is 1.44. The Balaban J connectivity index is 2.53. The summed E-state index contributed by atoms with van der Waals surface area (Å²) in [7, 11) is 0. The largest absolute Gasteiger partial charge is 0.365 e. The van der Waals surface area contributed by atoms with E-state index in [-0.39, 0.29) is 0 Å². The molecule has 0 aliphatic rings. The van der Waals surface area contributed by atoms with E-state index in [1.165, 1.54) is 0 Å². The van der Waals surface area contributed by atoms with Crippen LogP contribution in [-0.2, 0) is 4.74 Å². The lowest BCUT2D eigenvalue weighted by Gasteiger charge is -2.00. The van der Waals surface area contributed by atoms with Gasteiger partial charge in [-0.2, -0.15) is 0 Å². The first-order valence-corrected chi connectivity index (χ1v) is 2.90. The molecule has 0 aromatic rings. The number of rotatable bonds is 5. The first-order chi connectivity index (χ1) is 3.91. The zero-order valence-electron chi connectivity index (χ0n) is 5.31. The van der Waals surface area contributed by atoms with E-state index in [4.69, 9.17) is 10.5 Å². The molecule has 0 unspecified atom stereocenters. The monoisotopic (exact) mass is 118 g/mol. The fraction of sp³-hybridized carbons (Fsp3) is 1.00. The Morgan fingerprint density at radius 3 is 2.88 bits per heavy atom. The van der Waals surface area contributed by atoms with E-state index < -0.39 is 0 Å². The molecular formula is C5H14N2O. The molecule has 0 aliphatic heterocycles. The third kappa shape index (κ3) is 5.88.